The van der Waals surface area contributed by atoms with Crippen LogP contribution in [0.15, 0.2) is 29.3 Å². The lowest BCUT2D eigenvalue weighted by Gasteiger charge is -2.27. The van der Waals surface area contributed by atoms with E-state index in [9.17, 15) is 5.11 Å². The maximum absolute atomic E-state index is 10.4. The minimum Gasteiger partial charge on any atom is -0.387 e. The average Bonchev–Trinajstić information content (AvgIpc) is 3.12. The van der Waals surface area contributed by atoms with Crippen molar-refractivity contribution in [2.75, 3.05) is 33.4 Å². The topological polar surface area (TPSA) is 65.9 Å². The number of methoxy groups -OCH3 is 1. The molecule has 154 valence electrons. The Morgan fingerprint density at radius 1 is 1.22 bits per heavy atom. The molecule has 0 radical (unpaired) electrons. The Morgan fingerprint density at radius 2 is 1.89 bits per heavy atom. The second-order valence-electron chi connectivity index (χ2n) is 7.45. The third-order valence-corrected chi connectivity index (χ3v) is 5.34. The fourth-order valence-electron chi connectivity index (χ4n) is 3.62. The van der Waals surface area contributed by atoms with Gasteiger partial charge in [-0.3, -0.25) is 4.99 Å². The zero-order valence-corrected chi connectivity index (χ0v) is 19.3. The van der Waals surface area contributed by atoms with E-state index >= 15 is 0 Å². The van der Waals surface area contributed by atoms with Gasteiger partial charge in [0.05, 0.1) is 6.10 Å². The molecule has 0 aliphatic heterocycles. The van der Waals surface area contributed by atoms with E-state index in [1.807, 2.05) is 31.2 Å². The molecule has 1 aromatic rings. The van der Waals surface area contributed by atoms with Gasteiger partial charge in [-0.2, -0.15) is 0 Å². The number of nitrogens with zero attached hydrogens (tertiary/aromatic N) is 1. The summed E-state index contributed by atoms with van der Waals surface area (Å²) in [4.78, 5) is 4.83. The van der Waals surface area contributed by atoms with Gasteiger partial charge in [0.1, 0.15) is 0 Å². The van der Waals surface area contributed by atoms with Gasteiger partial charge in [-0.05, 0) is 44.1 Å². The monoisotopic (exact) mass is 489 g/mol. The molecule has 6 heteroatoms. The van der Waals surface area contributed by atoms with Gasteiger partial charge >= 0.3 is 0 Å². The quantitative estimate of drug-likeness (QED) is 0.281. The zero-order chi connectivity index (χ0) is 18.8. The van der Waals surface area contributed by atoms with Gasteiger partial charge in [-0.25, -0.2) is 0 Å². The number of guanidine groups is 1. The molecule has 0 amide bonds. The van der Waals surface area contributed by atoms with Crippen LogP contribution in [0.2, 0.25) is 0 Å². The molecule has 1 aliphatic carbocycles. The average molecular weight is 489 g/mol. The van der Waals surface area contributed by atoms with Crippen LogP contribution >= 0.6 is 24.0 Å². The van der Waals surface area contributed by atoms with Crippen LogP contribution in [0.25, 0.3) is 0 Å². The molecule has 0 heterocycles. The number of halogens is 1. The van der Waals surface area contributed by atoms with Gasteiger partial charge in [-0.1, -0.05) is 42.7 Å². The predicted octanol–water partition coefficient (Wildman–Crippen LogP) is 3.80. The molecule has 1 fully saturated rings. The highest BCUT2D eigenvalue weighted by Gasteiger charge is 2.33. The zero-order valence-electron chi connectivity index (χ0n) is 17.0. The maximum atomic E-state index is 10.4. The Labute approximate surface area is 181 Å². The lowest BCUT2D eigenvalue weighted by atomic mass is 9.83. The van der Waals surface area contributed by atoms with Gasteiger partial charge in [0.15, 0.2) is 5.96 Å². The highest BCUT2D eigenvalue weighted by atomic mass is 127. The molecule has 2 rings (SSSR count). The lowest BCUT2D eigenvalue weighted by Crippen LogP contribution is -2.40. The van der Waals surface area contributed by atoms with Crippen molar-refractivity contribution in [2.45, 2.75) is 52.1 Å². The molecule has 0 bridgehead atoms. The Hall–Kier alpha value is -0.860. The van der Waals surface area contributed by atoms with Gasteiger partial charge in [-0.15, -0.1) is 24.0 Å². The van der Waals surface area contributed by atoms with Gasteiger partial charge in [0.25, 0.3) is 0 Å². The van der Waals surface area contributed by atoms with Gasteiger partial charge in [0, 0.05) is 33.4 Å². The van der Waals surface area contributed by atoms with Crippen LogP contribution in [0, 0.1) is 12.3 Å². The summed E-state index contributed by atoms with van der Waals surface area (Å²) in [5.41, 5.74) is 2.39. The van der Waals surface area contributed by atoms with E-state index in [0.29, 0.717) is 6.54 Å². The number of aryl methyl sites for hydroxylation is 1. The first kappa shape index (κ1) is 24.2. The van der Waals surface area contributed by atoms with E-state index < -0.39 is 6.10 Å². The van der Waals surface area contributed by atoms with E-state index in [4.69, 9.17) is 9.73 Å². The van der Waals surface area contributed by atoms with Crippen molar-refractivity contribution in [1.82, 2.24) is 10.6 Å². The molecule has 1 atom stereocenters. The van der Waals surface area contributed by atoms with Crippen molar-refractivity contribution in [3.05, 3.63) is 35.4 Å². The van der Waals surface area contributed by atoms with Crippen LogP contribution in [-0.2, 0) is 4.74 Å². The predicted molar refractivity (Wildman–Crippen MR) is 123 cm³/mol. The largest absolute Gasteiger partial charge is 0.387 e. The number of rotatable bonds is 9. The standard InChI is InChI=1S/C21H35N3O2.HI/c1-4-22-20(23-15-19(25)18-9-7-17(2)8-10-18)24-16-21(13-14-26-3)11-5-6-12-21;/h7-10,19,25H,4-6,11-16H2,1-3H3,(H2,22,23,24);1H. The summed E-state index contributed by atoms with van der Waals surface area (Å²) >= 11 is 0. The summed E-state index contributed by atoms with van der Waals surface area (Å²) in [5, 5.41) is 17.0. The van der Waals surface area contributed by atoms with Crippen molar-refractivity contribution in [3.8, 4) is 0 Å². The molecule has 3 N–H and O–H groups in total. The van der Waals surface area contributed by atoms with Crippen LogP contribution in [-0.4, -0.2) is 44.4 Å². The highest BCUT2D eigenvalue weighted by Crippen LogP contribution is 2.41. The summed E-state index contributed by atoms with van der Waals surface area (Å²) in [6.07, 6.45) is 5.55. The minimum atomic E-state index is -0.548. The number of ether oxygens (including phenoxy) is 1. The van der Waals surface area contributed by atoms with Crippen LogP contribution in [0.4, 0.5) is 0 Å². The molecule has 1 saturated carbocycles. The normalized spacial score (nSPS) is 17.3. The lowest BCUT2D eigenvalue weighted by molar-refractivity contribution is 0.141. The van der Waals surface area contributed by atoms with Crippen LogP contribution in [0.1, 0.15) is 56.3 Å². The first-order valence-electron chi connectivity index (χ1n) is 9.84. The maximum Gasteiger partial charge on any atom is 0.191 e. The number of aliphatic imine (C=N–C) groups is 1. The van der Waals surface area contributed by atoms with E-state index in [2.05, 4.69) is 17.6 Å². The van der Waals surface area contributed by atoms with Crippen LogP contribution in [0.3, 0.4) is 0 Å². The molecule has 5 nitrogen and oxygen atoms in total. The number of nitrogens with one attached hydrogen (secondary N) is 2. The summed E-state index contributed by atoms with van der Waals surface area (Å²) in [5.74, 6) is 0.780. The van der Waals surface area contributed by atoms with E-state index in [-0.39, 0.29) is 29.4 Å². The third kappa shape index (κ3) is 7.95. The van der Waals surface area contributed by atoms with E-state index in [1.54, 1.807) is 7.11 Å². The first-order chi connectivity index (χ1) is 12.6. The van der Waals surface area contributed by atoms with E-state index in [1.165, 1.54) is 31.2 Å². The summed E-state index contributed by atoms with van der Waals surface area (Å²) in [6, 6.07) is 8.00. The summed E-state index contributed by atoms with van der Waals surface area (Å²) in [6.45, 7) is 6.96. The molecule has 0 aromatic heterocycles. The van der Waals surface area contributed by atoms with Crippen molar-refractivity contribution in [1.29, 1.82) is 0 Å². The van der Waals surface area contributed by atoms with Crippen LogP contribution < -0.4 is 10.6 Å². The van der Waals surface area contributed by atoms with Gasteiger partial charge in [0.2, 0.25) is 0 Å². The summed E-state index contributed by atoms with van der Waals surface area (Å²) < 4.78 is 5.31. The fourth-order valence-corrected chi connectivity index (χ4v) is 3.62. The van der Waals surface area contributed by atoms with E-state index in [0.717, 1.165) is 37.6 Å². The molecular weight excluding hydrogens is 453 g/mol. The molecule has 27 heavy (non-hydrogen) atoms. The van der Waals surface area contributed by atoms with Gasteiger partial charge < -0.3 is 20.5 Å². The Morgan fingerprint density at radius 3 is 2.48 bits per heavy atom. The SMILES string of the molecule is CCNC(=NCC1(CCOC)CCCC1)NCC(O)c1ccc(C)cc1.I. The van der Waals surface area contributed by atoms with Crippen LogP contribution in [0.5, 0.6) is 0 Å². The van der Waals surface area contributed by atoms with Crippen molar-refractivity contribution < 1.29 is 9.84 Å². The number of hydrogen-bond acceptors (Lipinski definition) is 3. The second kappa shape index (κ2) is 12.6. The number of benzene rings is 1. The summed E-state index contributed by atoms with van der Waals surface area (Å²) in [7, 11) is 1.77. The second-order valence-corrected chi connectivity index (χ2v) is 7.45. The molecule has 1 aromatic carbocycles. The number of hydrogen-bond donors (Lipinski definition) is 3. The highest BCUT2D eigenvalue weighted by molar-refractivity contribution is 14.0. The number of aliphatic hydroxyl groups excluding tert-OH is 1. The third-order valence-electron chi connectivity index (χ3n) is 5.34. The fraction of sp³-hybridized carbons (Fsp3) is 0.667. The molecule has 0 saturated heterocycles. The smallest absolute Gasteiger partial charge is 0.191 e. The van der Waals surface area contributed by atoms with Crippen molar-refractivity contribution >= 4 is 29.9 Å². The molecular formula is C21H36IN3O2. The Bertz CT molecular complexity index is 557. The van der Waals surface area contributed by atoms with Crippen molar-refractivity contribution in [2.24, 2.45) is 10.4 Å². The Balaban J connectivity index is 0.00000364. The van der Waals surface area contributed by atoms with Crippen molar-refractivity contribution in [3.63, 3.8) is 0 Å². The minimum absolute atomic E-state index is 0. The molecule has 0 spiro atoms. The molecule has 1 unspecified atom stereocenters. The first-order valence-corrected chi connectivity index (χ1v) is 9.84. The number of aliphatic hydroxyl groups is 1. The molecule has 1 aliphatic rings. The Kier molecular flexibility index (Phi) is 11.3.